The van der Waals surface area contributed by atoms with Gasteiger partial charge in [0.25, 0.3) is 5.91 Å². The maximum atomic E-state index is 14.0. The van der Waals surface area contributed by atoms with E-state index < -0.39 is 0 Å². The van der Waals surface area contributed by atoms with Crippen molar-refractivity contribution in [2.75, 3.05) is 31.6 Å². The molecule has 5 rings (SSSR count). The second kappa shape index (κ2) is 9.63. The summed E-state index contributed by atoms with van der Waals surface area (Å²) in [7, 11) is 1.62. The second-order valence-corrected chi connectivity index (χ2v) is 11.7. The molecule has 1 amide bonds. The van der Waals surface area contributed by atoms with Crippen molar-refractivity contribution in [2.24, 2.45) is 5.92 Å². The van der Waals surface area contributed by atoms with Crippen LogP contribution in [0.2, 0.25) is 0 Å². The molecule has 8 heteroatoms. The van der Waals surface area contributed by atoms with Crippen LogP contribution in [0.3, 0.4) is 0 Å². The number of ether oxygens (including phenoxy) is 1. The summed E-state index contributed by atoms with van der Waals surface area (Å²) in [6.45, 7) is 12.6. The highest BCUT2D eigenvalue weighted by molar-refractivity contribution is 5.97. The molecule has 37 heavy (non-hydrogen) atoms. The molecule has 2 aliphatic heterocycles. The number of hydrogen-bond acceptors (Lipinski definition) is 6. The number of β-amino-alcohol motifs (C(OH)–C–C–N with tert-alkyl or cyclic N) is 1. The number of nitrogens with zero attached hydrogens (tertiary/aromatic N) is 5. The molecule has 0 saturated carbocycles. The summed E-state index contributed by atoms with van der Waals surface area (Å²) in [5.74, 6) is 1.69. The SMILES string of the molecule is COc1ccc(C(C)(C)C)cc1C(=O)N1CCCCC1c1cc2nc(N3CC(C)C(O)C3)c(C)cn2n1. The number of hydrogen-bond donors (Lipinski definition) is 1. The first-order valence-electron chi connectivity index (χ1n) is 13.4. The number of aliphatic hydroxyl groups is 1. The lowest BCUT2D eigenvalue weighted by Crippen LogP contribution is -2.39. The lowest BCUT2D eigenvalue weighted by Gasteiger charge is -2.35. The fraction of sp³-hybridized carbons (Fsp3) is 0.552. The average molecular weight is 506 g/mol. The molecule has 2 saturated heterocycles. The third-order valence-electron chi connectivity index (χ3n) is 7.90. The van der Waals surface area contributed by atoms with Gasteiger partial charge >= 0.3 is 0 Å². The molecule has 3 unspecified atom stereocenters. The number of methoxy groups -OCH3 is 1. The molecule has 0 spiro atoms. The molecule has 198 valence electrons. The van der Waals surface area contributed by atoms with Crippen molar-refractivity contribution in [2.45, 2.75) is 71.4 Å². The van der Waals surface area contributed by atoms with Crippen LogP contribution in [0.4, 0.5) is 5.82 Å². The van der Waals surface area contributed by atoms with Crippen LogP contribution >= 0.6 is 0 Å². The second-order valence-electron chi connectivity index (χ2n) is 11.7. The molecule has 0 radical (unpaired) electrons. The van der Waals surface area contributed by atoms with Crippen LogP contribution in [0, 0.1) is 12.8 Å². The van der Waals surface area contributed by atoms with Crippen LogP contribution in [0.5, 0.6) is 5.75 Å². The van der Waals surface area contributed by atoms with Crippen LogP contribution < -0.4 is 9.64 Å². The zero-order valence-corrected chi connectivity index (χ0v) is 22.9. The molecule has 8 nitrogen and oxygen atoms in total. The van der Waals surface area contributed by atoms with Gasteiger partial charge in [0.2, 0.25) is 0 Å². The molecule has 2 aromatic heterocycles. The summed E-state index contributed by atoms with van der Waals surface area (Å²) in [6, 6.07) is 7.82. The van der Waals surface area contributed by atoms with Crippen molar-refractivity contribution in [3.8, 4) is 5.75 Å². The normalized spacial score (nSPS) is 22.6. The molecular weight excluding hydrogens is 466 g/mol. The minimum Gasteiger partial charge on any atom is -0.496 e. The predicted molar refractivity (Wildman–Crippen MR) is 144 cm³/mol. The number of aromatic nitrogens is 3. The van der Waals surface area contributed by atoms with Gasteiger partial charge in [0, 0.05) is 43.4 Å². The highest BCUT2D eigenvalue weighted by Gasteiger charge is 2.33. The Bertz CT molecular complexity index is 1300. The molecule has 4 heterocycles. The van der Waals surface area contributed by atoms with Crippen LogP contribution in [0.15, 0.2) is 30.5 Å². The van der Waals surface area contributed by atoms with E-state index in [2.05, 4.69) is 32.6 Å². The van der Waals surface area contributed by atoms with E-state index in [-0.39, 0.29) is 29.4 Å². The minimum atomic E-state index is -0.339. The molecule has 1 N–H and O–H groups in total. The lowest BCUT2D eigenvalue weighted by atomic mass is 9.85. The van der Waals surface area contributed by atoms with Gasteiger partial charge in [-0.2, -0.15) is 5.10 Å². The number of carbonyl (C=O) groups excluding carboxylic acids is 1. The molecule has 1 aromatic carbocycles. The van der Waals surface area contributed by atoms with E-state index in [1.165, 1.54) is 0 Å². The van der Waals surface area contributed by atoms with Crippen molar-refractivity contribution in [3.05, 3.63) is 52.8 Å². The number of anilines is 1. The number of piperidine rings is 1. The molecule has 2 aliphatic rings. The molecular formula is C29H39N5O3. The first-order valence-corrected chi connectivity index (χ1v) is 13.4. The largest absolute Gasteiger partial charge is 0.496 e. The van der Waals surface area contributed by atoms with E-state index in [9.17, 15) is 9.90 Å². The minimum absolute atomic E-state index is 0.0189. The third kappa shape index (κ3) is 4.79. The highest BCUT2D eigenvalue weighted by Crippen LogP contribution is 2.35. The Morgan fingerprint density at radius 3 is 2.62 bits per heavy atom. The Hall–Kier alpha value is -3.13. The summed E-state index contributed by atoms with van der Waals surface area (Å²) >= 11 is 0. The number of amides is 1. The van der Waals surface area contributed by atoms with E-state index in [4.69, 9.17) is 14.8 Å². The Balaban J connectivity index is 1.48. The highest BCUT2D eigenvalue weighted by atomic mass is 16.5. The predicted octanol–water partition coefficient (Wildman–Crippen LogP) is 4.53. The zero-order chi connectivity index (χ0) is 26.5. The summed E-state index contributed by atoms with van der Waals surface area (Å²) < 4.78 is 7.43. The fourth-order valence-electron chi connectivity index (χ4n) is 5.60. The number of aliphatic hydroxyl groups excluding tert-OH is 1. The van der Waals surface area contributed by atoms with Crippen LogP contribution in [0.1, 0.15) is 80.2 Å². The first-order chi connectivity index (χ1) is 17.6. The maximum absolute atomic E-state index is 14.0. The van der Waals surface area contributed by atoms with E-state index >= 15 is 0 Å². The number of rotatable bonds is 4. The lowest BCUT2D eigenvalue weighted by molar-refractivity contribution is 0.0602. The Labute approximate surface area is 219 Å². The van der Waals surface area contributed by atoms with Crippen LogP contribution in [0.25, 0.3) is 5.65 Å². The number of benzene rings is 1. The van der Waals surface area contributed by atoms with Gasteiger partial charge in [-0.3, -0.25) is 4.79 Å². The van der Waals surface area contributed by atoms with Gasteiger partial charge < -0.3 is 19.6 Å². The number of fused-ring (bicyclic) bond motifs is 1. The summed E-state index contributed by atoms with van der Waals surface area (Å²) in [6.07, 6.45) is 4.53. The molecule has 0 aliphatic carbocycles. The molecule has 0 bridgehead atoms. The summed E-state index contributed by atoms with van der Waals surface area (Å²) in [5, 5.41) is 15.1. The van der Waals surface area contributed by atoms with Gasteiger partial charge in [-0.05, 0) is 49.3 Å². The molecule has 3 aromatic rings. The zero-order valence-electron chi connectivity index (χ0n) is 22.9. The monoisotopic (exact) mass is 505 g/mol. The van der Waals surface area contributed by atoms with Crippen LogP contribution in [-0.2, 0) is 5.41 Å². The van der Waals surface area contributed by atoms with Gasteiger partial charge in [0.1, 0.15) is 11.6 Å². The third-order valence-corrected chi connectivity index (χ3v) is 7.90. The Kier molecular flexibility index (Phi) is 6.64. The van der Waals surface area contributed by atoms with Crippen molar-refractivity contribution in [3.63, 3.8) is 0 Å². The van der Waals surface area contributed by atoms with Crippen molar-refractivity contribution >= 4 is 17.4 Å². The topological polar surface area (TPSA) is 83.2 Å². The Morgan fingerprint density at radius 2 is 1.95 bits per heavy atom. The summed E-state index contributed by atoms with van der Waals surface area (Å²) in [5.41, 5.74) is 4.26. The van der Waals surface area contributed by atoms with Crippen LogP contribution in [-0.4, -0.2) is 63.4 Å². The summed E-state index contributed by atoms with van der Waals surface area (Å²) in [4.78, 5) is 23.0. The quantitative estimate of drug-likeness (QED) is 0.561. The first kappa shape index (κ1) is 25.5. The van der Waals surface area contributed by atoms with E-state index in [1.807, 2.05) is 46.8 Å². The van der Waals surface area contributed by atoms with Crippen molar-refractivity contribution in [1.82, 2.24) is 19.5 Å². The van der Waals surface area contributed by atoms with Gasteiger partial charge in [0.15, 0.2) is 5.65 Å². The van der Waals surface area contributed by atoms with E-state index in [0.717, 1.165) is 54.1 Å². The smallest absolute Gasteiger partial charge is 0.258 e. The number of likely N-dealkylation sites (tertiary alicyclic amines) is 1. The van der Waals surface area contributed by atoms with Gasteiger partial charge in [0.05, 0.1) is 30.5 Å². The van der Waals surface area contributed by atoms with E-state index in [1.54, 1.807) is 7.11 Å². The molecule has 2 fully saturated rings. The van der Waals surface area contributed by atoms with Gasteiger partial charge in [-0.25, -0.2) is 9.50 Å². The maximum Gasteiger partial charge on any atom is 0.258 e. The Morgan fingerprint density at radius 1 is 1.16 bits per heavy atom. The average Bonchev–Trinajstić information content (AvgIpc) is 3.43. The van der Waals surface area contributed by atoms with Crippen molar-refractivity contribution < 1.29 is 14.6 Å². The van der Waals surface area contributed by atoms with Crippen molar-refractivity contribution in [1.29, 1.82) is 0 Å². The standard InChI is InChI=1S/C29H39N5O3/c1-18-15-32(17-24(18)35)27-19(2)16-34-26(30-27)14-22(31-34)23-9-7-8-12-33(23)28(36)21-13-20(29(3,4)5)10-11-25(21)37-6/h10-11,13-14,16,18,23-24,35H,7-9,12,15,17H2,1-6H3. The number of aryl methyl sites for hydroxylation is 1. The molecule has 3 atom stereocenters. The fourth-order valence-corrected chi connectivity index (χ4v) is 5.60. The van der Waals surface area contributed by atoms with E-state index in [0.29, 0.717) is 24.4 Å². The van der Waals surface area contributed by atoms with Gasteiger partial charge in [-0.15, -0.1) is 0 Å². The van der Waals surface area contributed by atoms with Gasteiger partial charge in [-0.1, -0.05) is 33.8 Å². The number of carbonyl (C=O) groups is 1.